The monoisotopic (exact) mass is 366 g/mol. The molecule has 0 radical (unpaired) electrons. The van der Waals surface area contributed by atoms with Crippen molar-refractivity contribution in [2.75, 3.05) is 56.6 Å². The molecule has 0 spiro atoms. The van der Waals surface area contributed by atoms with Crippen LogP contribution in [0.1, 0.15) is 5.56 Å². The van der Waals surface area contributed by atoms with E-state index in [1.54, 1.807) is 12.1 Å². The molecular formula is C21H26N4O2. The normalized spacial score (nSPS) is 15.3. The molecule has 6 heteroatoms. The summed E-state index contributed by atoms with van der Waals surface area (Å²) in [6.45, 7) is 4.78. The lowest BCUT2D eigenvalue weighted by Gasteiger charge is -2.35. The summed E-state index contributed by atoms with van der Waals surface area (Å²) in [5, 5.41) is 10.8. The van der Waals surface area contributed by atoms with Gasteiger partial charge in [0.05, 0.1) is 4.92 Å². The van der Waals surface area contributed by atoms with E-state index < -0.39 is 0 Å². The Morgan fingerprint density at radius 1 is 1.00 bits per heavy atom. The molecule has 142 valence electrons. The van der Waals surface area contributed by atoms with Gasteiger partial charge in [0.15, 0.2) is 0 Å². The first-order valence-corrected chi connectivity index (χ1v) is 9.18. The van der Waals surface area contributed by atoms with Gasteiger partial charge in [-0.2, -0.15) is 0 Å². The zero-order valence-corrected chi connectivity index (χ0v) is 15.9. The average molecular weight is 366 g/mol. The maximum atomic E-state index is 10.8. The summed E-state index contributed by atoms with van der Waals surface area (Å²) in [5.41, 5.74) is 3.61. The highest BCUT2D eigenvalue weighted by molar-refractivity contribution is 5.55. The Morgan fingerprint density at radius 2 is 1.63 bits per heavy atom. The van der Waals surface area contributed by atoms with E-state index in [9.17, 15) is 10.1 Å². The van der Waals surface area contributed by atoms with E-state index in [1.807, 2.05) is 26.2 Å². The Morgan fingerprint density at radius 3 is 2.19 bits per heavy atom. The minimum Gasteiger partial charge on any atom is -0.378 e. The second-order valence-electron chi connectivity index (χ2n) is 6.95. The van der Waals surface area contributed by atoms with E-state index in [-0.39, 0.29) is 10.6 Å². The van der Waals surface area contributed by atoms with Crippen LogP contribution in [-0.4, -0.2) is 56.6 Å². The zero-order valence-electron chi connectivity index (χ0n) is 15.9. The molecule has 6 nitrogen and oxygen atoms in total. The van der Waals surface area contributed by atoms with Crippen molar-refractivity contribution in [3.63, 3.8) is 0 Å². The van der Waals surface area contributed by atoms with Gasteiger partial charge in [0.2, 0.25) is 0 Å². The Hall–Kier alpha value is -2.86. The third-order valence-electron chi connectivity index (χ3n) is 4.88. The fourth-order valence-corrected chi connectivity index (χ4v) is 3.20. The molecule has 0 unspecified atom stereocenters. The van der Waals surface area contributed by atoms with Gasteiger partial charge >= 0.3 is 0 Å². The van der Waals surface area contributed by atoms with Crippen LogP contribution in [0.3, 0.4) is 0 Å². The van der Waals surface area contributed by atoms with Crippen molar-refractivity contribution in [3.05, 3.63) is 70.3 Å². The Balaban J connectivity index is 1.47. The van der Waals surface area contributed by atoms with E-state index >= 15 is 0 Å². The lowest BCUT2D eigenvalue weighted by molar-refractivity contribution is -0.384. The number of benzene rings is 2. The molecule has 0 saturated carbocycles. The van der Waals surface area contributed by atoms with Crippen LogP contribution >= 0.6 is 0 Å². The molecule has 0 atom stereocenters. The number of hydrogen-bond donors (Lipinski definition) is 0. The van der Waals surface area contributed by atoms with E-state index in [0.717, 1.165) is 38.4 Å². The van der Waals surface area contributed by atoms with E-state index in [2.05, 4.69) is 51.1 Å². The smallest absolute Gasteiger partial charge is 0.269 e. The van der Waals surface area contributed by atoms with Crippen LogP contribution in [-0.2, 0) is 0 Å². The summed E-state index contributed by atoms with van der Waals surface area (Å²) < 4.78 is 0. The average Bonchev–Trinajstić information content (AvgIpc) is 2.69. The van der Waals surface area contributed by atoms with Gasteiger partial charge in [-0.25, -0.2) is 0 Å². The molecule has 1 fully saturated rings. The number of nitro groups is 1. The third kappa shape index (κ3) is 5.08. The van der Waals surface area contributed by atoms with Gasteiger partial charge in [-0.05, 0) is 29.8 Å². The first kappa shape index (κ1) is 18.9. The first-order chi connectivity index (χ1) is 13.0. The minimum absolute atomic E-state index is 0.140. The topological polar surface area (TPSA) is 52.9 Å². The molecule has 0 aliphatic carbocycles. The molecule has 27 heavy (non-hydrogen) atoms. The van der Waals surface area contributed by atoms with E-state index in [4.69, 9.17) is 0 Å². The maximum absolute atomic E-state index is 10.8. The molecule has 2 aromatic carbocycles. The van der Waals surface area contributed by atoms with Crippen molar-refractivity contribution in [1.29, 1.82) is 0 Å². The molecular weight excluding hydrogens is 340 g/mol. The molecule has 0 amide bonds. The molecule has 1 heterocycles. The standard InChI is InChI=1S/C21H26N4O2/c1-22(2)19-7-5-18(6-8-19)4-3-13-23-14-16-24(17-15-23)20-9-11-21(12-10-20)25(26)27/h3-12H,13-17H2,1-2H3. The van der Waals surface area contributed by atoms with Gasteiger partial charge in [-0.1, -0.05) is 24.3 Å². The number of anilines is 2. The summed E-state index contributed by atoms with van der Waals surface area (Å²) in [7, 11) is 4.09. The highest BCUT2D eigenvalue weighted by atomic mass is 16.6. The Kier molecular flexibility index (Phi) is 6.08. The third-order valence-corrected chi connectivity index (χ3v) is 4.88. The van der Waals surface area contributed by atoms with E-state index in [1.165, 1.54) is 11.3 Å². The zero-order chi connectivity index (χ0) is 19.2. The van der Waals surface area contributed by atoms with Gasteiger partial charge in [0.25, 0.3) is 5.69 Å². The number of rotatable bonds is 6. The summed E-state index contributed by atoms with van der Waals surface area (Å²) >= 11 is 0. The van der Waals surface area contributed by atoms with Crippen LogP contribution in [0.15, 0.2) is 54.6 Å². The maximum Gasteiger partial charge on any atom is 0.269 e. The van der Waals surface area contributed by atoms with Gasteiger partial charge in [0, 0.05) is 70.3 Å². The predicted octanol–water partition coefficient (Wildman–Crippen LogP) is 3.50. The van der Waals surface area contributed by atoms with E-state index in [0.29, 0.717) is 0 Å². The minimum atomic E-state index is -0.359. The summed E-state index contributed by atoms with van der Waals surface area (Å²) in [5.74, 6) is 0. The fraction of sp³-hybridized carbons (Fsp3) is 0.333. The second-order valence-corrected chi connectivity index (χ2v) is 6.95. The molecule has 2 aromatic rings. The summed E-state index contributed by atoms with van der Waals surface area (Å²) in [6, 6.07) is 15.4. The van der Waals surface area contributed by atoms with Crippen LogP contribution in [0.25, 0.3) is 6.08 Å². The molecule has 0 aromatic heterocycles. The highest BCUT2D eigenvalue weighted by Crippen LogP contribution is 2.20. The van der Waals surface area contributed by atoms with Crippen molar-refractivity contribution in [3.8, 4) is 0 Å². The number of non-ortho nitro benzene ring substituents is 1. The molecule has 0 bridgehead atoms. The number of nitro benzene ring substituents is 1. The van der Waals surface area contributed by atoms with Crippen molar-refractivity contribution in [2.45, 2.75) is 0 Å². The van der Waals surface area contributed by atoms with Gasteiger partial charge in [-0.3, -0.25) is 15.0 Å². The van der Waals surface area contributed by atoms with Crippen LogP contribution in [0.4, 0.5) is 17.1 Å². The van der Waals surface area contributed by atoms with Gasteiger partial charge in [-0.15, -0.1) is 0 Å². The lowest BCUT2D eigenvalue weighted by Crippen LogP contribution is -2.46. The van der Waals surface area contributed by atoms with Gasteiger partial charge < -0.3 is 9.80 Å². The van der Waals surface area contributed by atoms with Crippen molar-refractivity contribution in [1.82, 2.24) is 4.90 Å². The molecule has 0 N–H and O–H groups in total. The largest absolute Gasteiger partial charge is 0.378 e. The summed E-state index contributed by atoms with van der Waals surface area (Å²) in [4.78, 5) is 17.2. The Labute approximate surface area is 160 Å². The second kappa shape index (κ2) is 8.68. The quantitative estimate of drug-likeness (QED) is 0.579. The lowest BCUT2D eigenvalue weighted by atomic mass is 10.2. The van der Waals surface area contributed by atoms with Gasteiger partial charge in [0.1, 0.15) is 0 Å². The molecule has 1 saturated heterocycles. The first-order valence-electron chi connectivity index (χ1n) is 9.18. The SMILES string of the molecule is CN(C)c1ccc(C=CCN2CCN(c3ccc([N+](=O)[O-])cc3)CC2)cc1. The van der Waals surface area contributed by atoms with Crippen molar-refractivity contribution in [2.24, 2.45) is 0 Å². The number of piperazine rings is 1. The number of hydrogen-bond acceptors (Lipinski definition) is 5. The highest BCUT2D eigenvalue weighted by Gasteiger charge is 2.17. The predicted molar refractivity (Wildman–Crippen MR) is 112 cm³/mol. The Bertz CT molecular complexity index is 777. The van der Waals surface area contributed by atoms with Crippen molar-refractivity contribution < 1.29 is 4.92 Å². The van der Waals surface area contributed by atoms with Crippen LogP contribution in [0, 0.1) is 10.1 Å². The molecule has 3 rings (SSSR count). The fourth-order valence-electron chi connectivity index (χ4n) is 3.20. The molecule has 1 aliphatic rings. The summed E-state index contributed by atoms with van der Waals surface area (Å²) in [6.07, 6.45) is 4.38. The van der Waals surface area contributed by atoms with Crippen LogP contribution < -0.4 is 9.80 Å². The van der Waals surface area contributed by atoms with Crippen molar-refractivity contribution >= 4 is 23.1 Å². The number of nitrogens with zero attached hydrogens (tertiary/aromatic N) is 4. The van der Waals surface area contributed by atoms with Crippen LogP contribution in [0.5, 0.6) is 0 Å². The molecule has 1 aliphatic heterocycles. The van der Waals surface area contributed by atoms with Crippen LogP contribution in [0.2, 0.25) is 0 Å².